The lowest BCUT2D eigenvalue weighted by atomic mass is 10.2. The van der Waals surface area contributed by atoms with Crippen LogP contribution in [0.2, 0.25) is 0 Å². The quantitative estimate of drug-likeness (QED) is 0.882. The molecule has 0 aliphatic carbocycles. The van der Waals surface area contributed by atoms with Crippen LogP contribution < -0.4 is 10.1 Å². The number of halogens is 3. The van der Waals surface area contributed by atoms with E-state index in [1.165, 1.54) is 6.07 Å². The first-order chi connectivity index (χ1) is 8.06. The third kappa shape index (κ3) is 3.12. The summed E-state index contributed by atoms with van der Waals surface area (Å²) in [4.78, 5) is 4.16. The number of aliphatic imine (C=N–C) groups is 1. The third-order valence-electron chi connectivity index (χ3n) is 2.21. The van der Waals surface area contributed by atoms with Crippen molar-refractivity contribution in [1.82, 2.24) is 5.32 Å². The van der Waals surface area contributed by atoms with Gasteiger partial charge in [0.15, 0.2) is 6.61 Å². The molecule has 2 rings (SSSR count). The SMILES string of the molecule is FC(F)(F)COc1ccccc1C1=NCCN1. The van der Waals surface area contributed by atoms with E-state index in [4.69, 9.17) is 4.74 Å². The minimum Gasteiger partial charge on any atom is -0.483 e. The van der Waals surface area contributed by atoms with Crippen molar-refractivity contribution in [2.24, 2.45) is 4.99 Å². The molecule has 1 aliphatic heterocycles. The van der Waals surface area contributed by atoms with E-state index in [-0.39, 0.29) is 5.75 Å². The molecule has 0 atom stereocenters. The molecule has 1 heterocycles. The molecule has 0 saturated heterocycles. The van der Waals surface area contributed by atoms with Gasteiger partial charge in [-0.25, -0.2) is 0 Å². The summed E-state index contributed by atoms with van der Waals surface area (Å²) in [6, 6.07) is 6.55. The summed E-state index contributed by atoms with van der Waals surface area (Å²) < 4.78 is 41.0. The summed E-state index contributed by atoms with van der Waals surface area (Å²) in [6.07, 6.45) is -4.34. The van der Waals surface area contributed by atoms with Crippen LogP contribution in [0, 0.1) is 0 Å². The number of nitrogens with one attached hydrogen (secondary N) is 1. The first-order valence-electron chi connectivity index (χ1n) is 5.13. The van der Waals surface area contributed by atoms with Crippen LogP contribution in [0.15, 0.2) is 29.3 Å². The zero-order chi connectivity index (χ0) is 12.3. The number of benzene rings is 1. The maximum atomic E-state index is 12.1. The van der Waals surface area contributed by atoms with Crippen LogP contribution in [0.5, 0.6) is 5.75 Å². The van der Waals surface area contributed by atoms with Crippen LogP contribution in [0.1, 0.15) is 5.56 Å². The summed E-state index contributed by atoms with van der Waals surface area (Å²) in [5.41, 5.74) is 0.564. The van der Waals surface area contributed by atoms with Gasteiger partial charge in [-0.3, -0.25) is 4.99 Å². The molecule has 1 N–H and O–H groups in total. The standard InChI is InChI=1S/C11H11F3N2O/c12-11(13,14)7-17-9-4-2-1-3-8(9)10-15-5-6-16-10/h1-4H,5-7H2,(H,15,16). The number of para-hydroxylation sites is 1. The molecule has 1 aromatic rings. The number of rotatable bonds is 3. The van der Waals surface area contributed by atoms with Crippen molar-refractivity contribution in [2.75, 3.05) is 19.7 Å². The topological polar surface area (TPSA) is 33.6 Å². The van der Waals surface area contributed by atoms with E-state index in [0.717, 1.165) is 0 Å². The Bertz CT molecular complexity index is 429. The Morgan fingerprint density at radius 3 is 2.71 bits per heavy atom. The predicted molar refractivity (Wildman–Crippen MR) is 57.4 cm³/mol. The van der Waals surface area contributed by atoms with Crippen molar-refractivity contribution in [3.05, 3.63) is 29.8 Å². The van der Waals surface area contributed by atoms with E-state index in [9.17, 15) is 13.2 Å². The first kappa shape index (κ1) is 11.8. The summed E-state index contributed by atoms with van der Waals surface area (Å²) in [5, 5.41) is 3.00. The molecule has 0 amide bonds. The minimum atomic E-state index is -4.34. The molecular formula is C11H11F3N2O. The van der Waals surface area contributed by atoms with E-state index in [1.54, 1.807) is 18.2 Å². The predicted octanol–water partition coefficient (Wildman–Crippen LogP) is 1.98. The van der Waals surface area contributed by atoms with Crippen LogP contribution in [0.4, 0.5) is 13.2 Å². The van der Waals surface area contributed by atoms with E-state index in [0.29, 0.717) is 24.5 Å². The number of alkyl halides is 3. The van der Waals surface area contributed by atoms with Gasteiger partial charge in [-0.1, -0.05) is 12.1 Å². The molecule has 6 heteroatoms. The Morgan fingerprint density at radius 1 is 1.29 bits per heavy atom. The highest BCUT2D eigenvalue weighted by Crippen LogP contribution is 2.22. The second-order valence-corrected chi connectivity index (χ2v) is 3.56. The fourth-order valence-corrected chi connectivity index (χ4v) is 1.53. The van der Waals surface area contributed by atoms with Gasteiger partial charge in [0.2, 0.25) is 0 Å². The van der Waals surface area contributed by atoms with E-state index < -0.39 is 12.8 Å². The molecule has 0 radical (unpaired) electrons. The molecule has 0 unspecified atom stereocenters. The van der Waals surface area contributed by atoms with E-state index >= 15 is 0 Å². The largest absolute Gasteiger partial charge is 0.483 e. The van der Waals surface area contributed by atoms with Crippen molar-refractivity contribution in [1.29, 1.82) is 0 Å². The number of amidine groups is 1. The third-order valence-corrected chi connectivity index (χ3v) is 2.21. The number of hydrogen-bond acceptors (Lipinski definition) is 3. The summed E-state index contributed by atoms with van der Waals surface area (Å²) in [5.74, 6) is 0.778. The van der Waals surface area contributed by atoms with Gasteiger partial charge < -0.3 is 10.1 Å². The summed E-state index contributed by atoms with van der Waals surface area (Å²) in [7, 11) is 0. The van der Waals surface area contributed by atoms with Crippen molar-refractivity contribution in [3.8, 4) is 5.75 Å². The number of ether oxygens (including phenoxy) is 1. The minimum absolute atomic E-state index is 0.193. The summed E-state index contributed by atoms with van der Waals surface area (Å²) in [6.45, 7) is 0.0309. The monoisotopic (exact) mass is 244 g/mol. The van der Waals surface area contributed by atoms with Crippen molar-refractivity contribution in [2.45, 2.75) is 6.18 Å². The molecule has 3 nitrogen and oxygen atoms in total. The zero-order valence-corrected chi connectivity index (χ0v) is 8.92. The maximum absolute atomic E-state index is 12.1. The van der Waals surface area contributed by atoms with E-state index in [2.05, 4.69) is 10.3 Å². The molecule has 1 aromatic carbocycles. The van der Waals surface area contributed by atoms with Gasteiger partial charge in [0, 0.05) is 6.54 Å². The van der Waals surface area contributed by atoms with Crippen molar-refractivity contribution in [3.63, 3.8) is 0 Å². The average molecular weight is 244 g/mol. The number of nitrogens with zero attached hydrogens (tertiary/aromatic N) is 1. The second kappa shape index (κ2) is 4.65. The van der Waals surface area contributed by atoms with Crippen LogP contribution in [-0.2, 0) is 0 Å². The van der Waals surface area contributed by atoms with E-state index in [1.807, 2.05) is 0 Å². The summed E-state index contributed by atoms with van der Waals surface area (Å²) >= 11 is 0. The van der Waals surface area contributed by atoms with Crippen LogP contribution in [-0.4, -0.2) is 31.7 Å². The Hall–Kier alpha value is -1.72. The van der Waals surface area contributed by atoms with Gasteiger partial charge in [0.25, 0.3) is 0 Å². The second-order valence-electron chi connectivity index (χ2n) is 3.56. The molecule has 0 fully saturated rings. The van der Waals surface area contributed by atoms with Gasteiger partial charge in [-0.05, 0) is 12.1 Å². The molecule has 92 valence electrons. The van der Waals surface area contributed by atoms with Gasteiger partial charge >= 0.3 is 6.18 Å². The van der Waals surface area contributed by atoms with Gasteiger partial charge in [-0.15, -0.1) is 0 Å². The lowest BCUT2D eigenvalue weighted by Crippen LogP contribution is -2.23. The average Bonchev–Trinajstić information content (AvgIpc) is 2.79. The molecule has 0 aromatic heterocycles. The highest BCUT2D eigenvalue weighted by atomic mass is 19.4. The van der Waals surface area contributed by atoms with Crippen LogP contribution in [0.25, 0.3) is 0 Å². The Balaban J connectivity index is 2.16. The van der Waals surface area contributed by atoms with Gasteiger partial charge in [0.05, 0.1) is 12.1 Å². The van der Waals surface area contributed by atoms with Crippen molar-refractivity contribution < 1.29 is 17.9 Å². The normalized spacial score (nSPS) is 15.4. The fraction of sp³-hybridized carbons (Fsp3) is 0.364. The molecule has 0 bridgehead atoms. The highest BCUT2D eigenvalue weighted by Gasteiger charge is 2.29. The molecular weight excluding hydrogens is 233 g/mol. The zero-order valence-electron chi connectivity index (χ0n) is 8.92. The first-order valence-corrected chi connectivity index (χ1v) is 5.13. The maximum Gasteiger partial charge on any atom is 0.422 e. The van der Waals surface area contributed by atoms with Crippen LogP contribution in [0.3, 0.4) is 0 Å². The Labute approximate surface area is 96.3 Å². The highest BCUT2D eigenvalue weighted by molar-refractivity contribution is 6.02. The lowest BCUT2D eigenvalue weighted by Gasteiger charge is -2.13. The van der Waals surface area contributed by atoms with Crippen LogP contribution >= 0.6 is 0 Å². The van der Waals surface area contributed by atoms with Gasteiger partial charge in [0.1, 0.15) is 11.6 Å². The molecule has 1 aliphatic rings. The molecule has 0 spiro atoms. The molecule has 17 heavy (non-hydrogen) atoms. The Morgan fingerprint density at radius 2 is 2.06 bits per heavy atom. The lowest BCUT2D eigenvalue weighted by molar-refractivity contribution is -0.153. The van der Waals surface area contributed by atoms with Gasteiger partial charge in [-0.2, -0.15) is 13.2 Å². The smallest absolute Gasteiger partial charge is 0.422 e. The van der Waals surface area contributed by atoms with Crippen molar-refractivity contribution >= 4 is 5.84 Å². The number of hydrogen-bond donors (Lipinski definition) is 1. The molecule has 0 saturated carbocycles. The fourth-order valence-electron chi connectivity index (χ4n) is 1.53. The Kier molecular flexibility index (Phi) is 3.21.